The molecule has 0 radical (unpaired) electrons. The standard InChI is InChI=1S/C17H21N3O3/c1-20-14-7-4-3-6-13(14)19-15(20)8-5-9-18-16(21)11-10-12(11)17(22)23-2/h3-4,6-7,11-12H,5,8-10H2,1-2H3,(H,18,21)/t11-,12+/m0/s1. The Labute approximate surface area is 134 Å². The Hall–Kier alpha value is -2.37. The number of amides is 1. The third-order valence-corrected chi connectivity index (χ3v) is 4.39. The van der Waals surface area contributed by atoms with Crippen LogP contribution in [0.1, 0.15) is 18.7 Å². The highest BCUT2D eigenvalue weighted by molar-refractivity contribution is 5.90. The molecule has 1 aromatic carbocycles. The molecule has 1 amide bonds. The van der Waals surface area contributed by atoms with Gasteiger partial charge in [0.05, 0.1) is 30.0 Å². The van der Waals surface area contributed by atoms with Crippen LogP contribution >= 0.6 is 0 Å². The van der Waals surface area contributed by atoms with Gasteiger partial charge in [0, 0.05) is 20.0 Å². The van der Waals surface area contributed by atoms with Gasteiger partial charge < -0.3 is 14.6 Å². The van der Waals surface area contributed by atoms with Crippen molar-refractivity contribution in [2.75, 3.05) is 13.7 Å². The maximum absolute atomic E-state index is 11.9. The zero-order valence-corrected chi connectivity index (χ0v) is 13.4. The fourth-order valence-corrected chi connectivity index (χ4v) is 2.90. The van der Waals surface area contributed by atoms with Gasteiger partial charge in [-0.05, 0) is 25.0 Å². The summed E-state index contributed by atoms with van der Waals surface area (Å²) in [5, 5.41) is 2.89. The molecule has 1 saturated carbocycles. The quantitative estimate of drug-likeness (QED) is 0.646. The molecule has 2 aromatic rings. The van der Waals surface area contributed by atoms with Gasteiger partial charge in [-0.2, -0.15) is 0 Å². The number of nitrogens with one attached hydrogen (secondary N) is 1. The summed E-state index contributed by atoms with van der Waals surface area (Å²) in [4.78, 5) is 27.8. The second-order valence-electron chi connectivity index (χ2n) is 5.94. The molecule has 0 saturated heterocycles. The van der Waals surface area contributed by atoms with Crippen LogP contribution in [0.15, 0.2) is 24.3 Å². The number of para-hydroxylation sites is 2. The van der Waals surface area contributed by atoms with Crippen LogP contribution in [0.2, 0.25) is 0 Å². The van der Waals surface area contributed by atoms with Crippen molar-refractivity contribution < 1.29 is 14.3 Å². The van der Waals surface area contributed by atoms with Crippen LogP contribution in [-0.2, 0) is 27.8 Å². The number of ether oxygens (including phenoxy) is 1. The molecule has 2 atom stereocenters. The number of rotatable bonds is 6. The van der Waals surface area contributed by atoms with E-state index in [0.717, 1.165) is 29.7 Å². The topological polar surface area (TPSA) is 73.2 Å². The molecule has 0 spiro atoms. The van der Waals surface area contributed by atoms with E-state index in [9.17, 15) is 9.59 Å². The van der Waals surface area contributed by atoms with Crippen LogP contribution in [0.4, 0.5) is 0 Å². The summed E-state index contributed by atoms with van der Waals surface area (Å²) < 4.78 is 6.74. The number of fused-ring (bicyclic) bond motifs is 1. The minimum Gasteiger partial charge on any atom is -0.469 e. The van der Waals surface area contributed by atoms with Gasteiger partial charge in [0.15, 0.2) is 0 Å². The lowest BCUT2D eigenvalue weighted by atomic mass is 10.2. The highest BCUT2D eigenvalue weighted by atomic mass is 16.5. The predicted molar refractivity (Wildman–Crippen MR) is 85.7 cm³/mol. The van der Waals surface area contributed by atoms with Crippen LogP contribution in [0.25, 0.3) is 11.0 Å². The third kappa shape index (κ3) is 3.21. The fourth-order valence-electron chi connectivity index (χ4n) is 2.90. The van der Waals surface area contributed by atoms with Crippen molar-refractivity contribution in [3.05, 3.63) is 30.1 Å². The van der Waals surface area contributed by atoms with Crippen molar-refractivity contribution in [3.63, 3.8) is 0 Å². The number of hydrogen-bond donors (Lipinski definition) is 1. The molecule has 1 aromatic heterocycles. The van der Waals surface area contributed by atoms with Crippen molar-refractivity contribution in [1.29, 1.82) is 0 Å². The maximum atomic E-state index is 11.9. The number of aromatic nitrogens is 2. The molecule has 1 fully saturated rings. The van der Waals surface area contributed by atoms with Crippen molar-refractivity contribution in [1.82, 2.24) is 14.9 Å². The number of imidazole rings is 1. The Balaban J connectivity index is 1.46. The number of nitrogens with zero attached hydrogens (tertiary/aromatic N) is 2. The summed E-state index contributed by atoms with van der Waals surface area (Å²) >= 11 is 0. The van der Waals surface area contributed by atoms with Crippen molar-refractivity contribution >= 4 is 22.9 Å². The second-order valence-corrected chi connectivity index (χ2v) is 5.94. The Morgan fingerprint density at radius 1 is 1.35 bits per heavy atom. The number of aryl methyl sites for hydroxylation is 2. The first-order valence-electron chi connectivity index (χ1n) is 7.87. The minimum atomic E-state index is -0.287. The van der Waals surface area contributed by atoms with E-state index in [-0.39, 0.29) is 23.7 Å². The normalized spacial score (nSPS) is 19.6. The van der Waals surface area contributed by atoms with Gasteiger partial charge in [-0.3, -0.25) is 9.59 Å². The van der Waals surface area contributed by atoms with E-state index in [1.807, 2.05) is 31.3 Å². The number of carbonyl (C=O) groups excluding carboxylic acids is 2. The Morgan fingerprint density at radius 2 is 2.13 bits per heavy atom. The average molecular weight is 315 g/mol. The lowest BCUT2D eigenvalue weighted by Crippen LogP contribution is -2.27. The lowest BCUT2D eigenvalue weighted by molar-refractivity contribution is -0.143. The largest absolute Gasteiger partial charge is 0.469 e. The zero-order chi connectivity index (χ0) is 16.4. The molecule has 6 heteroatoms. The van der Waals surface area contributed by atoms with Gasteiger partial charge in [0.1, 0.15) is 5.82 Å². The number of esters is 1. The average Bonchev–Trinajstić information content (AvgIpc) is 3.31. The summed E-state index contributed by atoms with van der Waals surface area (Å²) in [6.45, 7) is 0.590. The summed E-state index contributed by atoms with van der Waals surface area (Å²) in [5.74, 6) is 0.215. The SMILES string of the molecule is COC(=O)[C@@H]1C[C@@H]1C(=O)NCCCc1nc2ccccc2n1C. The van der Waals surface area contributed by atoms with Crippen LogP contribution in [0.5, 0.6) is 0 Å². The molecule has 3 rings (SSSR count). The van der Waals surface area contributed by atoms with Gasteiger partial charge in [-0.25, -0.2) is 4.98 Å². The van der Waals surface area contributed by atoms with Crippen molar-refractivity contribution in [3.8, 4) is 0 Å². The summed E-state index contributed by atoms with van der Waals surface area (Å²) in [5.41, 5.74) is 2.11. The molecule has 1 aliphatic carbocycles. The molecule has 122 valence electrons. The summed E-state index contributed by atoms with van der Waals surface area (Å²) in [6, 6.07) is 8.03. The molecule has 1 aliphatic rings. The number of hydrogen-bond acceptors (Lipinski definition) is 4. The second kappa shape index (κ2) is 6.40. The molecule has 1 N–H and O–H groups in total. The highest BCUT2D eigenvalue weighted by Crippen LogP contribution is 2.39. The third-order valence-electron chi connectivity index (χ3n) is 4.39. The van der Waals surface area contributed by atoms with E-state index in [2.05, 4.69) is 19.6 Å². The van der Waals surface area contributed by atoms with Gasteiger partial charge in [0.25, 0.3) is 0 Å². The molecular formula is C17H21N3O3. The Morgan fingerprint density at radius 3 is 2.87 bits per heavy atom. The smallest absolute Gasteiger partial charge is 0.309 e. The molecule has 6 nitrogen and oxygen atoms in total. The maximum Gasteiger partial charge on any atom is 0.309 e. The van der Waals surface area contributed by atoms with E-state index in [1.54, 1.807) is 0 Å². The van der Waals surface area contributed by atoms with Crippen molar-refractivity contribution in [2.45, 2.75) is 19.3 Å². The fraction of sp³-hybridized carbons (Fsp3) is 0.471. The minimum absolute atomic E-state index is 0.0506. The molecular weight excluding hydrogens is 294 g/mol. The van der Waals surface area contributed by atoms with Gasteiger partial charge >= 0.3 is 5.97 Å². The van der Waals surface area contributed by atoms with Crippen molar-refractivity contribution in [2.24, 2.45) is 18.9 Å². The van der Waals surface area contributed by atoms with Crippen LogP contribution in [0.3, 0.4) is 0 Å². The number of methoxy groups -OCH3 is 1. The van der Waals surface area contributed by atoms with Crippen LogP contribution in [0, 0.1) is 11.8 Å². The van der Waals surface area contributed by atoms with E-state index in [0.29, 0.717) is 13.0 Å². The number of benzene rings is 1. The zero-order valence-electron chi connectivity index (χ0n) is 13.4. The van der Waals surface area contributed by atoms with E-state index < -0.39 is 0 Å². The summed E-state index contributed by atoms with van der Waals surface area (Å²) in [7, 11) is 3.36. The lowest BCUT2D eigenvalue weighted by Gasteiger charge is -2.05. The Bertz CT molecular complexity index is 738. The van der Waals surface area contributed by atoms with E-state index in [1.165, 1.54) is 7.11 Å². The van der Waals surface area contributed by atoms with E-state index in [4.69, 9.17) is 0 Å². The first-order chi connectivity index (χ1) is 11.1. The molecule has 0 bridgehead atoms. The van der Waals surface area contributed by atoms with Gasteiger partial charge in [0.2, 0.25) is 5.91 Å². The monoisotopic (exact) mass is 315 g/mol. The molecule has 0 aliphatic heterocycles. The number of carbonyl (C=O) groups is 2. The van der Waals surface area contributed by atoms with Crippen LogP contribution < -0.4 is 5.32 Å². The first-order valence-corrected chi connectivity index (χ1v) is 7.87. The van der Waals surface area contributed by atoms with E-state index >= 15 is 0 Å². The molecule has 23 heavy (non-hydrogen) atoms. The predicted octanol–water partition coefficient (Wildman–Crippen LogP) is 1.43. The summed E-state index contributed by atoms with van der Waals surface area (Å²) in [6.07, 6.45) is 2.22. The Kier molecular flexibility index (Phi) is 4.32. The van der Waals surface area contributed by atoms with Gasteiger partial charge in [-0.1, -0.05) is 12.1 Å². The van der Waals surface area contributed by atoms with Gasteiger partial charge in [-0.15, -0.1) is 0 Å². The van der Waals surface area contributed by atoms with Crippen LogP contribution in [-0.4, -0.2) is 35.1 Å². The molecule has 1 heterocycles. The highest BCUT2D eigenvalue weighted by Gasteiger charge is 2.48. The first kappa shape index (κ1) is 15.5. The molecule has 0 unspecified atom stereocenters.